The van der Waals surface area contributed by atoms with Crippen molar-refractivity contribution in [2.75, 3.05) is 32.7 Å². The summed E-state index contributed by atoms with van der Waals surface area (Å²) >= 11 is 1.39. The molecule has 1 N–H and O–H groups in total. The highest BCUT2D eigenvalue weighted by atomic mass is 32.2. The summed E-state index contributed by atoms with van der Waals surface area (Å²) in [5.41, 5.74) is 5.15. The van der Waals surface area contributed by atoms with E-state index in [1.807, 2.05) is 23.6 Å². The number of anilines is 1. The molecule has 1 aliphatic rings. The Bertz CT molecular complexity index is 1270. The number of benzene rings is 2. The third kappa shape index (κ3) is 5.40. The number of hydrogen-bond acceptors (Lipinski definition) is 8. The Balaban J connectivity index is 1.47. The molecule has 4 rings (SSSR count). The topological polar surface area (TPSA) is 93.1 Å². The normalized spacial score (nSPS) is 15.5. The molecule has 0 unspecified atom stereocenters. The Morgan fingerprint density at radius 3 is 2.68 bits per heavy atom. The number of rotatable bonds is 8. The van der Waals surface area contributed by atoms with Gasteiger partial charge in [-0.1, -0.05) is 19.1 Å². The van der Waals surface area contributed by atoms with Crippen LogP contribution in [0.15, 0.2) is 57.8 Å². The van der Waals surface area contributed by atoms with Crippen molar-refractivity contribution in [1.29, 1.82) is 0 Å². The molecule has 10 heteroatoms. The number of thiazole rings is 1. The molecule has 0 radical (unpaired) electrons. The molecule has 1 aromatic heterocycles. The second-order valence-electron chi connectivity index (χ2n) is 8.13. The van der Waals surface area contributed by atoms with Crippen LogP contribution in [-0.4, -0.2) is 51.2 Å². The minimum atomic E-state index is -3.52. The molecule has 2 heterocycles. The Kier molecular flexibility index (Phi) is 7.50. The summed E-state index contributed by atoms with van der Waals surface area (Å²) in [6, 6.07) is 12.4. The first-order chi connectivity index (χ1) is 16.4. The second kappa shape index (κ2) is 10.5. The van der Waals surface area contributed by atoms with Crippen molar-refractivity contribution in [3.8, 4) is 22.8 Å². The molecular weight excluding hydrogens is 472 g/mol. The van der Waals surface area contributed by atoms with Crippen LogP contribution in [0.25, 0.3) is 11.3 Å². The van der Waals surface area contributed by atoms with Crippen LogP contribution in [0.2, 0.25) is 0 Å². The predicted octanol–water partition coefficient (Wildman–Crippen LogP) is 4.69. The zero-order valence-electron chi connectivity index (χ0n) is 19.4. The van der Waals surface area contributed by atoms with Crippen molar-refractivity contribution in [3.63, 3.8) is 0 Å². The van der Waals surface area contributed by atoms with Gasteiger partial charge in [-0.05, 0) is 43.0 Å². The highest BCUT2D eigenvalue weighted by Crippen LogP contribution is 2.29. The van der Waals surface area contributed by atoms with Gasteiger partial charge in [-0.15, -0.1) is 11.3 Å². The zero-order chi connectivity index (χ0) is 24.1. The van der Waals surface area contributed by atoms with Crippen molar-refractivity contribution >= 4 is 32.7 Å². The fourth-order valence-corrected chi connectivity index (χ4v) is 5.91. The van der Waals surface area contributed by atoms with E-state index >= 15 is 0 Å². The van der Waals surface area contributed by atoms with Gasteiger partial charge in [0.1, 0.15) is 11.5 Å². The maximum Gasteiger partial charge on any atom is 0.243 e. The molecule has 0 aliphatic carbocycles. The fourth-order valence-electron chi connectivity index (χ4n) is 3.73. The third-order valence-electron chi connectivity index (χ3n) is 5.82. The van der Waals surface area contributed by atoms with Crippen molar-refractivity contribution in [2.24, 2.45) is 11.0 Å². The summed E-state index contributed by atoms with van der Waals surface area (Å²) in [5, 5.41) is 6.73. The molecule has 1 saturated heterocycles. The van der Waals surface area contributed by atoms with Crippen LogP contribution < -0.4 is 14.9 Å². The number of nitrogens with one attached hydrogen (secondary N) is 1. The number of aromatic nitrogens is 1. The Hall–Kier alpha value is -2.95. The lowest BCUT2D eigenvalue weighted by molar-refractivity contribution is 0.288. The average Bonchev–Trinajstić information content (AvgIpc) is 3.33. The standard InChI is InChI=1S/C24H28N4O4S2/c1-17-9-11-28(12-10-17)34(29,30)21-6-4-5-18(13-21)22-16-33-24(26-22)27-25-15-19-7-8-20(31-2)14-23(19)32-3/h4-8,13-17H,9-12H2,1-3H3,(H,26,27). The van der Waals surface area contributed by atoms with Crippen LogP contribution in [0, 0.1) is 5.92 Å². The van der Waals surface area contributed by atoms with Gasteiger partial charge in [-0.3, -0.25) is 5.43 Å². The first-order valence-corrected chi connectivity index (χ1v) is 13.3. The van der Waals surface area contributed by atoms with E-state index in [9.17, 15) is 8.42 Å². The Labute approximate surface area is 204 Å². The van der Waals surface area contributed by atoms with E-state index in [-0.39, 0.29) is 0 Å². The minimum Gasteiger partial charge on any atom is -0.497 e. The lowest BCUT2D eigenvalue weighted by Gasteiger charge is -2.29. The lowest BCUT2D eigenvalue weighted by Crippen LogP contribution is -2.37. The van der Waals surface area contributed by atoms with Crippen LogP contribution in [0.3, 0.4) is 0 Å². The average molecular weight is 501 g/mol. The van der Waals surface area contributed by atoms with Gasteiger partial charge in [0.05, 0.1) is 31.0 Å². The number of piperidine rings is 1. The van der Waals surface area contributed by atoms with E-state index in [1.165, 1.54) is 11.3 Å². The van der Waals surface area contributed by atoms with Gasteiger partial charge < -0.3 is 9.47 Å². The maximum absolute atomic E-state index is 13.1. The monoisotopic (exact) mass is 500 g/mol. The largest absolute Gasteiger partial charge is 0.497 e. The molecular formula is C24H28N4O4S2. The van der Waals surface area contributed by atoms with E-state index in [0.717, 1.165) is 24.0 Å². The Morgan fingerprint density at radius 1 is 1.15 bits per heavy atom. The maximum atomic E-state index is 13.1. The summed E-state index contributed by atoms with van der Waals surface area (Å²) in [7, 11) is -0.326. The van der Waals surface area contributed by atoms with Gasteiger partial charge >= 0.3 is 0 Å². The third-order valence-corrected chi connectivity index (χ3v) is 8.46. The van der Waals surface area contributed by atoms with Crippen LogP contribution in [0.4, 0.5) is 5.13 Å². The summed E-state index contributed by atoms with van der Waals surface area (Å²) in [6.45, 7) is 3.29. The van der Waals surface area contributed by atoms with Gasteiger partial charge in [-0.2, -0.15) is 9.41 Å². The number of hydrogen-bond donors (Lipinski definition) is 1. The smallest absolute Gasteiger partial charge is 0.243 e. The molecule has 2 aromatic carbocycles. The van der Waals surface area contributed by atoms with Crippen molar-refractivity contribution in [2.45, 2.75) is 24.7 Å². The molecule has 1 fully saturated rings. The SMILES string of the molecule is COc1ccc(C=NNc2nc(-c3cccc(S(=O)(=O)N4CCC(C)CC4)c3)cs2)c(OC)c1. The highest BCUT2D eigenvalue weighted by molar-refractivity contribution is 7.89. The van der Waals surface area contributed by atoms with Gasteiger partial charge in [-0.25, -0.2) is 13.4 Å². The molecule has 0 bridgehead atoms. The van der Waals surface area contributed by atoms with E-state index < -0.39 is 10.0 Å². The highest BCUT2D eigenvalue weighted by Gasteiger charge is 2.28. The van der Waals surface area contributed by atoms with Crippen molar-refractivity contribution < 1.29 is 17.9 Å². The van der Waals surface area contributed by atoms with E-state index in [4.69, 9.17) is 9.47 Å². The first kappa shape index (κ1) is 24.2. The van der Waals surface area contributed by atoms with Crippen LogP contribution in [0.1, 0.15) is 25.3 Å². The van der Waals surface area contributed by atoms with E-state index in [2.05, 4.69) is 22.4 Å². The number of sulfonamides is 1. The molecule has 8 nitrogen and oxygen atoms in total. The molecule has 3 aromatic rings. The minimum absolute atomic E-state index is 0.298. The molecule has 0 saturated carbocycles. The molecule has 1 aliphatic heterocycles. The van der Waals surface area contributed by atoms with Crippen molar-refractivity contribution in [3.05, 3.63) is 53.4 Å². The second-order valence-corrected chi connectivity index (χ2v) is 10.9. The van der Waals surface area contributed by atoms with Crippen molar-refractivity contribution in [1.82, 2.24) is 9.29 Å². The predicted molar refractivity (Wildman–Crippen MR) is 135 cm³/mol. The molecule has 180 valence electrons. The van der Waals surface area contributed by atoms with Gasteiger partial charge in [0, 0.05) is 35.7 Å². The van der Waals surface area contributed by atoms with Crippen LogP contribution >= 0.6 is 11.3 Å². The molecule has 0 atom stereocenters. The lowest BCUT2D eigenvalue weighted by atomic mass is 10.0. The quantitative estimate of drug-likeness (QED) is 0.356. The number of hydrazone groups is 1. The first-order valence-electron chi connectivity index (χ1n) is 11.0. The fraction of sp³-hybridized carbons (Fsp3) is 0.333. The summed E-state index contributed by atoms with van der Waals surface area (Å²) < 4.78 is 38.4. The number of nitrogens with zero attached hydrogens (tertiary/aromatic N) is 3. The van der Waals surface area contributed by atoms with Gasteiger partial charge in [0.15, 0.2) is 0 Å². The summed E-state index contributed by atoms with van der Waals surface area (Å²) in [6.07, 6.45) is 3.43. The van der Waals surface area contributed by atoms with Crippen LogP contribution in [0.5, 0.6) is 11.5 Å². The molecule has 0 spiro atoms. The summed E-state index contributed by atoms with van der Waals surface area (Å²) in [4.78, 5) is 4.86. The molecule has 0 amide bonds. The van der Waals surface area contributed by atoms with E-state index in [1.54, 1.807) is 49.0 Å². The number of ether oxygens (including phenoxy) is 2. The van der Waals surface area contributed by atoms with E-state index in [0.29, 0.717) is 46.2 Å². The molecule has 34 heavy (non-hydrogen) atoms. The number of methoxy groups -OCH3 is 2. The Morgan fingerprint density at radius 2 is 1.94 bits per heavy atom. The summed E-state index contributed by atoms with van der Waals surface area (Å²) in [5.74, 6) is 1.91. The van der Waals surface area contributed by atoms with Gasteiger partial charge in [0.25, 0.3) is 0 Å². The van der Waals surface area contributed by atoms with Gasteiger partial charge in [0.2, 0.25) is 15.2 Å². The zero-order valence-corrected chi connectivity index (χ0v) is 21.0. The van der Waals surface area contributed by atoms with Crippen LogP contribution in [-0.2, 0) is 10.0 Å².